The second kappa shape index (κ2) is 4.99. The van der Waals surface area contributed by atoms with Crippen LogP contribution in [0, 0.1) is 0 Å². The summed E-state index contributed by atoms with van der Waals surface area (Å²) >= 11 is 3.28. The van der Waals surface area contributed by atoms with E-state index in [0.29, 0.717) is 12.2 Å². The summed E-state index contributed by atoms with van der Waals surface area (Å²) in [5, 5.41) is 0. The molecule has 0 aliphatic heterocycles. The van der Waals surface area contributed by atoms with Gasteiger partial charge in [-0.3, -0.25) is 9.63 Å². The van der Waals surface area contributed by atoms with Gasteiger partial charge in [-0.2, -0.15) is 0 Å². The molecule has 0 bridgehead atoms. The Bertz CT molecular complexity index is 301. The van der Waals surface area contributed by atoms with Gasteiger partial charge in [-0.05, 0) is 25.1 Å². The van der Waals surface area contributed by atoms with Crippen molar-refractivity contribution in [1.82, 2.24) is 5.48 Å². The van der Waals surface area contributed by atoms with Crippen molar-refractivity contribution in [3.05, 3.63) is 34.3 Å². The Kier molecular flexibility index (Phi) is 3.92. The molecule has 3 nitrogen and oxygen atoms in total. The van der Waals surface area contributed by atoms with Crippen molar-refractivity contribution in [3.63, 3.8) is 0 Å². The zero-order valence-corrected chi connectivity index (χ0v) is 8.80. The Morgan fingerprint density at radius 3 is 3.00 bits per heavy atom. The normalized spacial score (nSPS) is 9.69. The van der Waals surface area contributed by atoms with Crippen molar-refractivity contribution in [1.29, 1.82) is 0 Å². The molecular weight excluding hydrogens is 234 g/mol. The molecule has 1 rings (SSSR count). The third-order valence-electron chi connectivity index (χ3n) is 1.40. The highest BCUT2D eigenvalue weighted by Gasteiger charge is 2.03. The van der Waals surface area contributed by atoms with Crippen molar-refractivity contribution in [2.75, 3.05) is 6.61 Å². The molecule has 70 valence electrons. The van der Waals surface area contributed by atoms with E-state index in [1.807, 2.05) is 6.07 Å². The summed E-state index contributed by atoms with van der Waals surface area (Å²) in [4.78, 5) is 16.1. The van der Waals surface area contributed by atoms with E-state index < -0.39 is 0 Å². The molecule has 0 spiro atoms. The first-order valence-corrected chi connectivity index (χ1v) is 4.71. The number of carbonyl (C=O) groups is 1. The molecule has 1 aromatic rings. The molecule has 0 saturated carbocycles. The molecule has 0 saturated heterocycles. The first-order chi connectivity index (χ1) is 6.24. The van der Waals surface area contributed by atoms with Crippen molar-refractivity contribution < 1.29 is 9.63 Å². The maximum absolute atomic E-state index is 11.3. The van der Waals surface area contributed by atoms with E-state index in [2.05, 4.69) is 21.4 Å². The van der Waals surface area contributed by atoms with E-state index in [1.54, 1.807) is 25.1 Å². The second-order valence-corrected chi connectivity index (χ2v) is 3.29. The van der Waals surface area contributed by atoms with Crippen LogP contribution in [0.3, 0.4) is 0 Å². The summed E-state index contributed by atoms with van der Waals surface area (Å²) in [6, 6.07) is 7.11. The number of benzene rings is 1. The lowest BCUT2D eigenvalue weighted by Crippen LogP contribution is -2.23. The van der Waals surface area contributed by atoms with Gasteiger partial charge in [0.2, 0.25) is 0 Å². The van der Waals surface area contributed by atoms with E-state index in [9.17, 15) is 4.79 Å². The van der Waals surface area contributed by atoms with Gasteiger partial charge in [-0.1, -0.05) is 22.0 Å². The van der Waals surface area contributed by atoms with Gasteiger partial charge in [0.15, 0.2) is 0 Å². The molecule has 0 radical (unpaired) electrons. The lowest BCUT2D eigenvalue weighted by molar-refractivity contribution is 0.0364. The van der Waals surface area contributed by atoms with Crippen LogP contribution in [0.15, 0.2) is 28.7 Å². The minimum absolute atomic E-state index is 0.233. The number of halogens is 1. The molecule has 0 aliphatic carbocycles. The smallest absolute Gasteiger partial charge is 0.274 e. The number of hydrogen-bond acceptors (Lipinski definition) is 2. The second-order valence-electron chi connectivity index (χ2n) is 2.37. The Balaban J connectivity index is 2.66. The largest absolute Gasteiger partial charge is 0.274 e. The number of hydrogen-bond donors (Lipinski definition) is 1. The predicted molar refractivity (Wildman–Crippen MR) is 53.2 cm³/mol. The standard InChI is InChI=1S/C9H10BrNO2/c1-2-13-11-9(12)7-4-3-5-8(10)6-7/h3-6H,2H2,1H3,(H,11,12). The minimum atomic E-state index is -0.233. The molecule has 0 atom stereocenters. The highest BCUT2D eigenvalue weighted by molar-refractivity contribution is 9.10. The van der Waals surface area contributed by atoms with Crippen LogP contribution in [0.4, 0.5) is 0 Å². The highest BCUT2D eigenvalue weighted by Crippen LogP contribution is 2.11. The van der Waals surface area contributed by atoms with Crippen molar-refractivity contribution >= 4 is 21.8 Å². The van der Waals surface area contributed by atoms with Crippen molar-refractivity contribution in [3.8, 4) is 0 Å². The molecule has 0 fully saturated rings. The zero-order valence-electron chi connectivity index (χ0n) is 7.21. The lowest BCUT2D eigenvalue weighted by atomic mass is 10.2. The molecule has 0 heterocycles. The summed E-state index contributed by atoms with van der Waals surface area (Å²) in [5.74, 6) is -0.233. The van der Waals surface area contributed by atoms with E-state index in [4.69, 9.17) is 4.84 Å². The van der Waals surface area contributed by atoms with Gasteiger partial charge < -0.3 is 0 Å². The Morgan fingerprint density at radius 1 is 1.62 bits per heavy atom. The van der Waals surface area contributed by atoms with Crippen molar-refractivity contribution in [2.24, 2.45) is 0 Å². The van der Waals surface area contributed by atoms with Gasteiger partial charge in [-0.25, -0.2) is 5.48 Å². The summed E-state index contributed by atoms with van der Waals surface area (Å²) in [6.07, 6.45) is 0. The van der Waals surface area contributed by atoms with Gasteiger partial charge in [-0.15, -0.1) is 0 Å². The molecule has 0 aromatic heterocycles. The maximum atomic E-state index is 11.3. The van der Waals surface area contributed by atoms with Gasteiger partial charge in [0.1, 0.15) is 0 Å². The number of nitrogens with one attached hydrogen (secondary N) is 1. The van der Waals surface area contributed by atoms with Crippen LogP contribution in [-0.4, -0.2) is 12.5 Å². The summed E-state index contributed by atoms with van der Waals surface area (Å²) in [7, 11) is 0. The van der Waals surface area contributed by atoms with Gasteiger partial charge >= 0.3 is 0 Å². The Morgan fingerprint density at radius 2 is 2.38 bits per heavy atom. The summed E-state index contributed by atoms with van der Waals surface area (Å²) < 4.78 is 0.872. The monoisotopic (exact) mass is 243 g/mol. The number of hydroxylamine groups is 1. The fraction of sp³-hybridized carbons (Fsp3) is 0.222. The molecule has 13 heavy (non-hydrogen) atoms. The first-order valence-electron chi connectivity index (χ1n) is 3.91. The fourth-order valence-corrected chi connectivity index (χ4v) is 1.23. The van der Waals surface area contributed by atoms with Crippen molar-refractivity contribution in [2.45, 2.75) is 6.92 Å². The van der Waals surface area contributed by atoms with Crippen LogP contribution in [-0.2, 0) is 4.84 Å². The maximum Gasteiger partial charge on any atom is 0.274 e. The van der Waals surface area contributed by atoms with Crippen LogP contribution in [0.1, 0.15) is 17.3 Å². The van der Waals surface area contributed by atoms with Crippen LogP contribution in [0.5, 0.6) is 0 Å². The average Bonchev–Trinajstić information content (AvgIpc) is 2.14. The molecule has 1 aromatic carbocycles. The SMILES string of the molecule is CCONC(=O)c1cccc(Br)c1. The molecule has 1 N–H and O–H groups in total. The Hall–Kier alpha value is -0.870. The molecule has 4 heteroatoms. The average molecular weight is 244 g/mol. The van der Waals surface area contributed by atoms with Crippen LogP contribution in [0.2, 0.25) is 0 Å². The molecular formula is C9H10BrNO2. The minimum Gasteiger partial charge on any atom is -0.274 e. The zero-order chi connectivity index (χ0) is 9.68. The fourth-order valence-electron chi connectivity index (χ4n) is 0.826. The van der Waals surface area contributed by atoms with Gasteiger partial charge in [0.05, 0.1) is 6.61 Å². The van der Waals surface area contributed by atoms with Crippen LogP contribution in [0.25, 0.3) is 0 Å². The quantitative estimate of drug-likeness (QED) is 0.827. The highest BCUT2D eigenvalue weighted by atomic mass is 79.9. The molecule has 0 aliphatic rings. The number of rotatable bonds is 3. The molecule has 1 amide bonds. The summed E-state index contributed by atoms with van der Waals surface area (Å²) in [6.45, 7) is 2.26. The van der Waals surface area contributed by atoms with E-state index in [-0.39, 0.29) is 5.91 Å². The summed E-state index contributed by atoms with van der Waals surface area (Å²) in [5.41, 5.74) is 2.89. The first kappa shape index (κ1) is 10.2. The number of amides is 1. The van der Waals surface area contributed by atoms with E-state index >= 15 is 0 Å². The Labute approximate surface area is 85.2 Å². The lowest BCUT2D eigenvalue weighted by Gasteiger charge is -2.03. The third-order valence-corrected chi connectivity index (χ3v) is 1.89. The van der Waals surface area contributed by atoms with E-state index in [1.165, 1.54) is 0 Å². The molecule has 0 unspecified atom stereocenters. The van der Waals surface area contributed by atoms with Crippen LogP contribution < -0.4 is 5.48 Å². The van der Waals surface area contributed by atoms with Gasteiger partial charge in [0.25, 0.3) is 5.91 Å². The van der Waals surface area contributed by atoms with Gasteiger partial charge in [0, 0.05) is 10.0 Å². The van der Waals surface area contributed by atoms with E-state index in [0.717, 1.165) is 4.47 Å². The number of carbonyl (C=O) groups excluding carboxylic acids is 1. The van der Waals surface area contributed by atoms with Crippen LogP contribution >= 0.6 is 15.9 Å². The predicted octanol–water partition coefficient (Wildman–Crippen LogP) is 2.13. The topological polar surface area (TPSA) is 38.3 Å². The third kappa shape index (κ3) is 3.16.